The molecule has 0 rings (SSSR count). The van der Waals surface area contributed by atoms with E-state index in [1.54, 1.807) is 0 Å². The molecule has 0 saturated carbocycles. The first kappa shape index (κ1) is 23.8. The van der Waals surface area contributed by atoms with Crippen molar-refractivity contribution in [2.75, 3.05) is 20.3 Å². The fourth-order valence-corrected chi connectivity index (χ4v) is 1.88. The van der Waals surface area contributed by atoms with Crippen LogP contribution >= 0.6 is 0 Å². The van der Waals surface area contributed by atoms with E-state index in [9.17, 15) is 43.9 Å². The number of esters is 1. The summed E-state index contributed by atoms with van der Waals surface area (Å²) in [5.74, 6) is -11.9. The maximum atomic E-state index is 13.2. The molecule has 0 saturated heterocycles. The number of hydrogen-bond acceptors (Lipinski definition) is 6. The predicted molar refractivity (Wildman–Crippen MR) is 64.4 cm³/mol. The Morgan fingerprint density at radius 1 is 1.08 bits per heavy atom. The Kier molecular flexibility index (Phi) is 7.23. The first-order valence-electron chi connectivity index (χ1n) is 6.16. The maximum Gasteiger partial charge on any atom is 0.455 e. The summed E-state index contributed by atoms with van der Waals surface area (Å²) in [5, 5.41) is -6.00. The summed E-state index contributed by atoms with van der Waals surface area (Å²) >= 11 is 0. The largest absolute Gasteiger partial charge is 0.462 e. The highest BCUT2D eigenvalue weighted by molar-refractivity contribution is 7.87. The zero-order chi connectivity index (χ0) is 20.3. The topological polar surface area (TPSA) is 99.1 Å². The summed E-state index contributed by atoms with van der Waals surface area (Å²) in [4.78, 5) is 11.4. The van der Waals surface area contributed by atoms with Gasteiger partial charge in [0.25, 0.3) is 0 Å². The van der Waals surface area contributed by atoms with Crippen LogP contribution in [0.4, 0.5) is 30.7 Å². The average Bonchev–Trinajstić information content (AvgIpc) is 2.40. The fourth-order valence-electron chi connectivity index (χ4n) is 1.40. The van der Waals surface area contributed by atoms with Crippen LogP contribution in [0.15, 0.2) is 0 Å². The summed E-state index contributed by atoms with van der Waals surface area (Å²) in [6.45, 7) is -1.37. The quantitative estimate of drug-likeness (QED) is 0.269. The van der Waals surface area contributed by atoms with Gasteiger partial charge in [-0.15, -0.1) is 0 Å². The number of ether oxygens (including phenoxy) is 3. The fraction of sp³-hybridized carbons (Fsp3) is 0.900. The van der Waals surface area contributed by atoms with Gasteiger partial charge in [-0.25, -0.2) is 4.79 Å². The van der Waals surface area contributed by atoms with E-state index in [1.807, 2.05) is 0 Å². The van der Waals surface area contributed by atoms with Gasteiger partial charge in [0.2, 0.25) is 0 Å². The number of halogens is 7. The highest BCUT2D eigenvalue weighted by Crippen LogP contribution is 2.42. The third kappa shape index (κ3) is 4.71. The number of carbonyl (C=O) groups excluding carboxylic acids is 1. The van der Waals surface area contributed by atoms with Gasteiger partial charge in [0.05, 0.1) is 13.2 Å². The summed E-state index contributed by atoms with van der Waals surface area (Å²) in [7, 11) is -6.25. The molecule has 0 aliphatic rings. The lowest BCUT2D eigenvalue weighted by Gasteiger charge is -2.32. The van der Waals surface area contributed by atoms with E-state index in [2.05, 4.69) is 14.2 Å². The van der Waals surface area contributed by atoms with Crippen molar-refractivity contribution in [1.29, 1.82) is 0 Å². The van der Waals surface area contributed by atoms with Crippen LogP contribution < -0.4 is 0 Å². The predicted octanol–water partition coefficient (Wildman–Crippen LogP) is 1.98. The molecule has 0 heterocycles. The smallest absolute Gasteiger partial charge is 0.455 e. The molecule has 1 atom stereocenters. The molecule has 0 amide bonds. The molecule has 0 aromatic carbocycles. The van der Waals surface area contributed by atoms with Crippen molar-refractivity contribution in [3.63, 3.8) is 0 Å². The van der Waals surface area contributed by atoms with Crippen molar-refractivity contribution in [2.24, 2.45) is 0 Å². The van der Waals surface area contributed by atoms with Crippen LogP contribution in [0.2, 0.25) is 0 Å². The standard InChI is InChI=1S/C10H13F7O7S/c1-3-23-6(18)8(22-2,9(13,14)15)24-5-4-7(11,12)10(16,17)25(19,20)21/h3-5H2,1-2H3,(H,19,20,21). The SMILES string of the molecule is CCOC(=O)C(OC)(OCCC(F)(F)C(F)(F)S(=O)(=O)O)C(F)(F)F. The van der Waals surface area contributed by atoms with Gasteiger partial charge in [-0.05, 0) is 6.92 Å². The second-order valence-corrected chi connectivity index (χ2v) is 5.80. The van der Waals surface area contributed by atoms with Crippen molar-refractivity contribution < 1.29 is 62.7 Å². The minimum atomic E-state index is -6.57. The molecule has 0 aliphatic carbocycles. The lowest BCUT2D eigenvalue weighted by Crippen LogP contribution is -2.57. The van der Waals surface area contributed by atoms with Gasteiger partial charge in [0.15, 0.2) is 0 Å². The molecule has 0 radical (unpaired) electrons. The lowest BCUT2D eigenvalue weighted by molar-refractivity contribution is -0.363. The van der Waals surface area contributed by atoms with Gasteiger partial charge in [-0.1, -0.05) is 0 Å². The van der Waals surface area contributed by atoms with Crippen LogP contribution in [0.3, 0.4) is 0 Å². The first-order chi connectivity index (χ1) is 11.0. The van der Waals surface area contributed by atoms with Crippen molar-refractivity contribution in [3.8, 4) is 0 Å². The van der Waals surface area contributed by atoms with Crippen LogP contribution in [0.1, 0.15) is 13.3 Å². The zero-order valence-electron chi connectivity index (χ0n) is 12.6. The molecule has 1 N–H and O–H groups in total. The number of rotatable bonds is 9. The molecule has 0 aliphatic heterocycles. The Morgan fingerprint density at radius 2 is 1.56 bits per heavy atom. The highest BCUT2D eigenvalue weighted by atomic mass is 32.2. The van der Waals surface area contributed by atoms with E-state index in [0.29, 0.717) is 7.11 Å². The number of hydrogen-bond donors (Lipinski definition) is 1. The molecule has 0 bridgehead atoms. The van der Waals surface area contributed by atoms with Gasteiger partial charge in [-0.2, -0.15) is 39.2 Å². The van der Waals surface area contributed by atoms with Crippen LogP contribution in [0, 0.1) is 0 Å². The molecule has 15 heteroatoms. The van der Waals surface area contributed by atoms with Crippen LogP contribution in [-0.4, -0.2) is 62.4 Å². The number of methoxy groups -OCH3 is 1. The van der Waals surface area contributed by atoms with E-state index in [0.717, 1.165) is 6.92 Å². The summed E-state index contributed by atoms with van der Waals surface area (Å²) < 4.78 is 132. The van der Waals surface area contributed by atoms with Crippen molar-refractivity contribution in [3.05, 3.63) is 0 Å². The van der Waals surface area contributed by atoms with Gasteiger partial charge in [0.1, 0.15) is 0 Å². The Bertz CT molecular complexity index is 575. The minimum absolute atomic E-state index is 0.315. The van der Waals surface area contributed by atoms with Gasteiger partial charge in [0, 0.05) is 13.5 Å². The van der Waals surface area contributed by atoms with Crippen molar-refractivity contribution >= 4 is 16.1 Å². The molecule has 0 spiro atoms. The Labute approximate surface area is 136 Å². The zero-order valence-corrected chi connectivity index (χ0v) is 13.4. The van der Waals surface area contributed by atoms with Crippen LogP contribution in [0.5, 0.6) is 0 Å². The summed E-state index contributed by atoms with van der Waals surface area (Å²) in [6, 6.07) is 0. The maximum absolute atomic E-state index is 13.2. The Morgan fingerprint density at radius 3 is 1.88 bits per heavy atom. The Hall–Kier alpha value is -1.19. The van der Waals surface area contributed by atoms with Crippen molar-refractivity contribution in [2.45, 2.75) is 36.5 Å². The second kappa shape index (κ2) is 7.59. The lowest BCUT2D eigenvalue weighted by atomic mass is 10.2. The average molecular weight is 410 g/mol. The van der Waals surface area contributed by atoms with Crippen LogP contribution in [0.25, 0.3) is 0 Å². The van der Waals surface area contributed by atoms with E-state index in [1.165, 1.54) is 0 Å². The van der Waals surface area contributed by atoms with Crippen LogP contribution in [-0.2, 0) is 29.1 Å². The minimum Gasteiger partial charge on any atom is -0.462 e. The van der Waals surface area contributed by atoms with E-state index < -0.39 is 58.9 Å². The first-order valence-corrected chi connectivity index (χ1v) is 7.60. The number of carbonyl (C=O) groups is 1. The van der Waals surface area contributed by atoms with E-state index in [4.69, 9.17) is 4.55 Å². The van der Waals surface area contributed by atoms with Crippen molar-refractivity contribution in [1.82, 2.24) is 0 Å². The van der Waals surface area contributed by atoms with Gasteiger partial charge in [-0.3, -0.25) is 4.55 Å². The summed E-state index contributed by atoms with van der Waals surface area (Å²) in [5.41, 5.74) is 0. The molecule has 0 fully saturated rings. The highest BCUT2D eigenvalue weighted by Gasteiger charge is 2.67. The normalized spacial score (nSPS) is 16.4. The number of alkyl halides is 7. The monoisotopic (exact) mass is 410 g/mol. The van der Waals surface area contributed by atoms with Gasteiger partial charge < -0.3 is 14.2 Å². The summed E-state index contributed by atoms with van der Waals surface area (Å²) in [6.07, 6.45) is -7.95. The van der Waals surface area contributed by atoms with E-state index >= 15 is 0 Å². The third-order valence-corrected chi connectivity index (χ3v) is 3.62. The molecule has 25 heavy (non-hydrogen) atoms. The molecular weight excluding hydrogens is 397 g/mol. The molecule has 7 nitrogen and oxygen atoms in total. The molecule has 1 unspecified atom stereocenters. The molecule has 0 aromatic rings. The molecular formula is C10H13F7O7S. The molecule has 150 valence electrons. The third-order valence-electron chi connectivity index (χ3n) is 2.68. The van der Waals surface area contributed by atoms with E-state index in [-0.39, 0.29) is 0 Å². The molecule has 0 aromatic heterocycles. The second-order valence-electron chi connectivity index (χ2n) is 4.33. The van der Waals surface area contributed by atoms with Gasteiger partial charge >= 0.3 is 39.2 Å². The Balaban J connectivity index is 5.44.